The van der Waals surface area contributed by atoms with Gasteiger partial charge in [0.15, 0.2) is 0 Å². The van der Waals surface area contributed by atoms with Gasteiger partial charge in [-0.15, -0.1) is 0 Å². The SMILES string of the molecule is CCC1=C(CC)C[C@@H]2C=C(c3ccccc3)C[C@@H]2C1. The zero-order valence-corrected chi connectivity index (χ0v) is 12.2. The minimum atomic E-state index is 0.806. The second kappa shape index (κ2) is 5.36. The van der Waals surface area contributed by atoms with Gasteiger partial charge in [-0.1, -0.05) is 61.4 Å². The standard InChI is InChI=1S/C19H24/c1-3-14-10-18-12-17(16-8-6-5-7-9-16)13-19(18)11-15(14)4-2/h5-9,12,18-19H,3-4,10-11,13H2,1-2H3/t18-,19+/m1/s1. The maximum Gasteiger partial charge on any atom is -0.0156 e. The monoisotopic (exact) mass is 252 g/mol. The van der Waals surface area contributed by atoms with Crippen molar-refractivity contribution in [3.8, 4) is 0 Å². The van der Waals surface area contributed by atoms with Gasteiger partial charge in [-0.05, 0) is 55.1 Å². The summed E-state index contributed by atoms with van der Waals surface area (Å²) in [5.74, 6) is 1.68. The van der Waals surface area contributed by atoms with Crippen molar-refractivity contribution >= 4 is 5.57 Å². The molecule has 1 aromatic rings. The van der Waals surface area contributed by atoms with Gasteiger partial charge in [-0.3, -0.25) is 0 Å². The van der Waals surface area contributed by atoms with Crippen LogP contribution in [0.4, 0.5) is 0 Å². The molecule has 0 fully saturated rings. The Bertz CT molecular complexity index is 504. The second-order valence-corrected chi connectivity index (χ2v) is 6.01. The first-order chi connectivity index (χ1) is 9.31. The molecule has 2 atom stereocenters. The van der Waals surface area contributed by atoms with Crippen molar-refractivity contribution in [3.05, 3.63) is 53.1 Å². The fourth-order valence-electron chi connectivity index (χ4n) is 3.89. The Morgan fingerprint density at radius 1 is 0.895 bits per heavy atom. The predicted octanol–water partition coefficient (Wildman–Crippen LogP) is 5.62. The van der Waals surface area contributed by atoms with Crippen LogP contribution in [0.3, 0.4) is 0 Å². The summed E-state index contributed by atoms with van der Waals surface area (Å²) in [6, 6.07) is 10.9. The van der Waals surface area contributed by atoms with Gasteiger partial charge >= 0.3 is 0 Å². The molecule has 0 saturated carbocycles. The molecule has 0 heteroatoms. The Balaban J connectivity index is 1.81. The smallest absolute Gasteiger partial charge is 0.0156 e. The van der Waals surface area contributed by atoms with Crippen molar-refractivity contribution in [1.29, 1.82) is 0 Å². The van der Waals surface area contributed by atoms with E-state index in [1.54, 1.807) is 16.7 Å². The number of hydrogen-bond donors (Lipinski definition) is 0. The number of benzene rings is 1. The van der Waals surface area contributed by atoms with Crippen LogP contribution in [-0.2, 0) is 0 Å². The van der Waals surface area contributed by atoms with Crippen molar-refractivity contribution in [1.82, 2.24) is 0 Å². The first kappa shape index (κ1) is 12.7. The molecule has 0 saturated heterocycles. The van der Waals surface area contributed by atoms with Gasteiger partial charge in [0, 0.05) is 0 Å². The summed E-state index contributed by atoms with van der Waals surface area (Å²) in [6.07, 6.45) is 9.03. The predicted molar refractivity (Wildman–Crippen MR) is 82.9 cm³/mol. The summed E-state index contributed by atoms with van der Waals surface area (Å²) in [7, 11) is 0. The summed E-state index contributed by atoms with van der Waals surface area (Å²) < 4.78 is 0. The van der Waals surface area contributed by atoms with Crippen LogP contribution in [0.5, 0.6) is 0 Å². The van der Waals surface area contributed by atoms with Crippen molar-refractivity contribution < 1.29 is 0 Å². The van der Waals surface area contributed by atoms with E-state index >= 15 is 0 Å². The molecule has 0 spiro atoms. The zero-order valence-electron chi connectivity index (χ0n) is 12.2. The van der Waals surface area contributed by atoms with E-state index in [1.165, 1.54) is 37.7 Å². The average molecular weight is 252 g/mol. The van der Waals surface area contributed by atoms with Gasteiger partial charge in [-0.2, -0.15) is 0 Å². The first-order valence-electron chi connectivity index (χ1n) is 7.77. The molecule has 0 amide bonds. The van der Waals surface area contributed by atoms with E-state index in [-0.39, 0.29) is 0 Å². The summed E-state index contributed by atoms with van der Waals surface area (Å²) in [6.45, 7) is 4.65. The highest BCUT2D eigenvalue weighted by molar-refractivity contribution is 5.68. The van der Waals surface area contributed by atoms with Crippen molar-refractivity contribution in [3.63, 3.8) is 0 Å². The van der Waals surface area contributed by atoms with Crippen LogP contribution in [0.1, 0.15) is 51.5 Å². The maximum atomic E-state index is 2.57. The Kier molecular flexibility index (Phi) is 3.59. The van der Waals surface area contributed by atoms with Crippen molar-refractivity contribution in [2.45, 2.75) is 46.0 Å². The Labute approximate surface area is 117 Å². The lowest BCUT2D eigenvalue weighted by atomic mass is 9.76. The van der Waals surface area contributed by atoms with Gasteiger partial charge < -0.3 is 0 Å². The second-order valence-electron chi connectivity index (χ2n) is 6.01. The Morgan fingerprint density at radius 3 is 2.26 bits per heavy atom. The lowest BCUT2D eigenvalue weighted by Crippen LogP contribution is -2.16. The molecule has 0 heterocycles. The fourth-order valence-corrected chi connectivity index (χ4v) is 3.89. The number of fused-ring (bicyclic) bond motifs is 1. The number of hydrogen-bond acceptors (Lipinski definition) is 0. The van der Waals surface area contributed by atoms with E-state index in [0.717, 1.165) is 11.8 Å². The van der Waals surface area contributed by atoms with Crippen molar-refractivity contribution in [2.24, 2.45) is 11.8 Å². The molecule has 1 aromatic carbocycles. The molecule has 0 aromatic heterocycles. The van der Waals surface area contributed by atoms with E-state index in [0.29, 0.717) is 0 Å². The number of rotatable bonds is 3. The lowest BCUT2D eigenvalue weighted by Gasteiger charge is -2.29. The van der Waals surface area contributed by atoms with E-state index in [2.05, 4.69) is 50.3 Å². The minimum absolute atomic E-state index is 0.806. The molecule has 2 aliphatic carbocycles. The third-order valence-corrected chi connectivity index (χ3v) is 4.99. The largest absolute Gasteiger partial charge is 0.0770 e. The molecule has 0 aliphatic heterocycles. The fraction of sp³-hybridized carbons (Fsp3) is 0.474. The van der Waals surface area contributed by atoms with Crippen LogP contribution in [0.25, 0.3) is 5.57 Å². The van der Waals surface area contributed by atoms with Crippen LogP contribution in [0.2, 0.25) is 0 Å². The molecular formula is C19H24. The summed E-state index contributed by atoms with van der Waals surface area (Å²) in [5, 5.41) is 0. The van der Waals surface area contributed by atoms with E-state index < -0.39 is 0 Å². The molecule has 0 N–H and O–H groups in total. The summed E-state index contributed by atoms with van der Waals surface area (Å²) in [5.41, 5.74) is 6.53. The topological polar surface area (TPSA) is 0 Å². The quantitative estimate of drug-likeness (QED) is 0.613. The molecule has 0 bridgehead atoms. The van der Waals surface area contributed by atoms with Crippen LogP contribution in [0.15, 0.2) is 47.6 Å². The van der Waals surface area contributed by atoms with Crippen LogP contribution in [0, 0.1) is 11.8 Å². The van der Waals surface area contributed by atoms with E-state index in [9.17, 15) is 0 Å². The zero-order chi connectivity index (χ0) is 13.2. The van der Waals surface area contributed by atoms with Crippen molar-refractivity contribution in [2.75, 3.05) is 0 Å². The van der Waals surface area contributed by atoms with Crippen LogP contribution >= 0.6 is 0 Å². The third kappa shape index (κ3) is 2.41. The van der Waals surface area contributed by atoms with Crippen LogP contribution < -0.4 is 0 Å². The molecule has 0 unspecified atom stereocenters. The minimum Gasteiger partial charge on any atom is -0.0770 e. The molecular weight excluding hydrogens is 228 g/mol. The molecule has 2 aliphatic rings. The molecule has 0 radical (unpaired) electrons. The highest BCUT2D eigenvalue weighted by Gasteiger charge is 2.32. The summed E-state index contributed by atoms with van der Waals surface area (Å²) in [4.78, 5) is 0. The lowest BCUT2D eigenvalue weighted by molar-refractivity contribution is 0.385. The Hall–Kier alpha value is -1.30. The molecule has 0 nitrogen and oxygen atoms in total. The Morgan fingerprint density at radius 2 is 1.58 bits per heavy atom. The van der Waals surface area contributed by atoms with Gasteiger partial charge in [-0.25, -0.2) is 0 Å². The maximum absolute atomic E-state index is 2.57. The van der Waals surface area contributed by atoms with E-state index in [1.807, 2.05) is 0 Å². The molecule has 19 heavy (non-hydrogen) atoms. The number of allylic oxidation sites excluding steroid dienone is 4. The van der Waals surface area contributed by atoms with Gasteiger partial charge in [0.1, 0.15) is 0 Å². The van der Waals surface area contributed by atoms with Gasteiger partial charge in [0.05, 0.1) is 0 Å². The molecule has 100 valence electrons. The average Bonchev–Trinajstić information content (AvgIpc) is 2.89. The summed E-state index contributed by atoms with van der Waals surface area (Å²) >= 11 is 0. The molecule has 3 rings (SSSR count). The van der Waals surface area contributed by atoms with Crippen LogP contribution in [-0.4, -0.2) is 0 Å². The van der Waals surface area contributed by atoms with E-state index in [4.69, 9.17) is 0 Å². The normalized spacial score (nSPS) is 26.3. The third-order valence-electron chi connectivity index (χ3n) is 4.99. The highest BCUT2D eigenvalue weighted by Crippen LogP contribution is 2.47. The highest BCUT2D eigenvalue weighted by atomic mass is 14.4. The van der Waals surface area contributed by atoms with Gasteiger partial charge in [0.2, 0.25) is 0 Å². The first-order valence-corrected chi connectivity index (χ1v) is 7.77. The van der Waals surface area contributed by atoms with Gasteiger partial charge in [0.25, 0.3) is 0 Å².